The minimum atomic E-state index is -0.910. The third-order valence-corrected chi connectivity index (χ3v) is 4.83. The number of benzene rings is 2. The maximum atomic E-state index is 11.5. The van der Waals surface area contributed by atoms with Crippen LogP contribution in [0.2, 0.25) is 0 Å². The molecule has 2 aromatic rings. The Balaban J connectivity index is 1.79. The quantitative estimate of drug-likeness (QED) is 0.798. The van der Waals surface area contributed by atoms with Crippen molar-refractivity contribution in [2.45, 2.75) is 37.9 Å². The van der Waals surface area contributed by atoms with Gasteiger partial charge in [-0.25, -0.2) is 0 Å². The number of rotatable bonds is 7. The zero-order valence-electron chi connectivity index (χ0n) is 15.0. The Morgan fingerprint density at radius 2 is 1.65 bits per heavy atom. The summed E-state index contributed by atoms with van der Waals surface area (Å²) in [6.07, 6.45) is -0.469. The van der Waals surface area contributed by atoms with Gasteiger partial charge in [0.05, 0.1) is 6.10 Å². The normalized spacial score (nSPS) is 23.9. The standard InChI is InChI=1S/C21H25NO4/c1-14-13-17(25-19(14)18(22-2)21(23)24)26-20(15-9-5-3-6-10-15)16-11-7-4-8-12-16/h3-12,14,17-20,22H,13H2,1-2H3,(H,23,24)/t14-,17?,18?,19-/m1/s1. The van der Waals surface area contributed by atoms with Gasteiger partial charge in [-0.05, 0) is 24.1 Å². The lowest BCUT2D eigenvalue weighted by molar-refractivity contribution is -0.168. The van der Waals surface area contributed by atoms with Gasteiger partial charge in [0, 0.05) is 6.42 Å². The zero-order valence-corrected chi connectivity index (χ0v) is 15.0. The van der Waals surface area contributed by atoms with Gasteiger partial charge in [-0.15, -0.1) is 0 Å². The number of carboxylic acid groups (broad SMARTS) is 1. The molecular formula is C21H25NO4. The van der Waals surface area contributed by atoms with Crippen molar-refractivity contribution in [1.29, 1.82) is 0 Å². The summed E-state index contributed by atoms with van der Waals surface area (Å²) in [5.74, 6) is -0.826. The number of hydrogen-bond acceptors (Lipinski definition) is 4. The van der Waals surface area contributed by atoms with Crippen LogP contribution in [0.3, 0.4) is 0 Å². The summed E-state index contributed by atoms with van der Waals surface area (Å²) in [5, 5.41) is 12.2. The number of carbonyl (C=O) groups is 1. The zero-order chi connectivity index (χ0) is 18.5. The van der Waals surface area contributed by atoms with Crippen LogP contribution in [0.15, 0.2) is 60.7 Å². The fraction of sp³-hybridized carbons (Fsp3) is 0.381. The number of hydrogen-bond donors (Lipinski definition) is 2. The Morgan fingerprint density at radius 1 is 1.12 bits per heavy atom. The second-order valence-electron chi connectivity index (χ2n) is 6.69. The Kier molecular flexibility index (Phi) is 6.04. The first-order valence-corrected chi connectivity index (χ1v) is 8.91. The molecule has 1 fully saturated rings. The van der Waals surface area contributed by atoms with Gasteiger partial charge in [0.25, 0.3) is 0 Å². The molecule has 1 aliphatic heterocycles. The van der Waals surface area contributed by atoms with Crippen LogP contribution in [-0.4, -0.2) is 36.6 Å². The van der Waals surface area contributed by atoms with E-state index in [1.165, 1.54) is 0 Å². The van der Waals surface area contributed by atoms with Gasteiger partial charge >= 0.3 is 5.97 Å². The molecule has 0 aliphatic carbocycles. The van der Waals surface area contributed by atoms with Crippen molar-refractivity contribution < 1.29 is 19.4 Å². The first-order valence-electron chi connectivity index (χ1n) is 8.91. The van der Waals surface area contributed by atoms with Gasteiger partial charge < -0.3 is 19.9 Å². The Morgan fingerprint density at radius 3 is 2.12 bits per heavy atom. The fourth-order valence-corrected chi connectivity index (χ4v) is 3.48. The van der Waals surface area contributed by atoms with Crippen LogP contribution in [-0.2, 0) is 14.3 Å². The summed E-state index contributed by atoms with van der Waals surface area (Å²) in [5.41, 5.74) is 2.09. The minimum Gasteiger partial charge on any atom is -0.480 e. The third kappa shape index (κ3) is 4.12. The summed E-state index contributed by atoms with van der Waals surface area (Å²) in [4.78, 5) is 11.5. The van der Waals surface area contributed by atoms with Crippen LogP contribution in [0.4, 0.5) is 0 Å². The molecule has 138 valence electrons. The van der Waals surface area contributed by atoms with Crippen molar-refractivity contribution in [3.8, 4) is 0 Å². The van der Waals surface area contributed by atoms with Crippen LogP contribution in [0.25, 0.3) is 0 Å². The molecule has 0 saturated carbocycles. The van der Waals surface area contributed by atoms with E-state index < -0.39 is 24.4 Å². The molecule has 0 radical (unpaired) electrons. The molecule has 2 N–H and O–H groups in total. The largest absolute Gasteiger partial charge is 0.480 e. The molecule has 4 atom stereocenters. The van der Waals surface area contributed by atoms with Crippen LogP contribution < -0.4 is 5.32 Å². The van der Waals surface area contributed by atoms with Crippen LogP contribution in [0.1, 0.15) is 30.6 Å². The molecule has 26 heavy (non-hydrogen) atoms. The van der Waals surface area contributed by atoms with Crippen LogP contribution in [0, 0.1) is 5.92 Å². The summed E-state index contributed by atoms with van der Waals surface area (Å²) in [6.45, 7) is 2.00. The average molecular weight is 355 g/mol. The highest BCUT2D eigenvalue weighted by molar-refractivity contribution is 5.74. The van der Waals surface area contributed by atoms with Gasteiger partial charge in [0.2, 0.25) is 0 Å². The van der Waals surface area contributed by atoms with Crippen LogP contribution >= 0.6 is 0 Å². The van der Waals surface area contributed by atoms with E-state index in [9.17, 15) is 9.90 Å². The molecule has 5 heteroatoms. The molecule has 0 aromatic heterocycles. The number of nitrogens with one attached hydrogen (secondary N) is 1. The van der Waals surface area contributed by atoms with Crippen molar-refractivity contribution >= 4 is 5.97 Å². The SMILES string of the molecule is CNC(C(=O)O)[C@@H]1OC(OC(c2ccccc2)c2ccccc2)C[C@H]1C. The third-order valence-electron chi connectivity index (χ3n) is 4.83. The van der Waals surface area contributed by atoms with Gasteiger partial charge in [0.15, 0.2) is 6.29 Å². The van der Waals surface area contributed by atoms with Gasteiger partial charge in [-0.1, -0.05) is 67.6 Å². The highest BCUT2D eigenvalue weighted by Crippen LogP contribution is 2.35. The smallest absolute Gasteiger partial charge is 0.323 e. The molecule has 1 heterocycles. The van der Waals surface area contributed by atoms with E-state index in [-0.39, 0.29) is 12.0 Å². The predicted octanol–water partition coefficient (Wildman–Crippen LogP) is 3.22. The van der Waals surface area contributed by atoms with E-state index in [1.54, 1.807) is 7.05 Å². The second kappa shape index (κ2) is 8.45. The lowest BCUT2D eigenvalue weighted by atomic mass is 9.97. The van der Waals surface area contributed by atoms with E-state index in [1.807, 2.05) is 67.6 Å². The number of ether oxygens (including phenoxy) is 2. The van der Waals surface area contributed by atoms with E-state index in [2.05, 4.69) is 5.32 Å². The second-order valence-corrected chi connectivity index (χ2v) is 6.69. The molecule has 1 saturated heterocycles. The monoisotopic (exact) mass is 355 g/mol. The minimum absolute atomic E-state index is 0.0840. The first kappa shape index (κ1) is 18.6. The molecule has 0 amide bonds. The average Bonchev–Trinajstić information content (AvgIpc) is 3.02. The van der Waals surface area contributed by atoms with Crippen molar-refractivity contribution in [1.82, 2.24) is 5.32 Å². The van der Waals surface area contributed by atoms with Crippen molar-refractivity contribution in [2.75, 3.05) is 7.05 Å². The van der Waals surface area contributed by atoms with E-state index >= 15 is 0 Å². The van der Waals surface area contributed by atoms with Gasteiger partial charge in [0.1, 0.15) is 12.1 Å². The summed E-state index contributed by atoms with van der Waals surface area (Å²) >= 11 is 0. The fourth-order valence-electron chi connectivity index (χ4n) is 3.48. The van der Waals surface area contributed by atoms with Crippen LogP contribution in [0.5, 0.6) is 0 Å². The summed E-state index contributed by atoms with van der Waals surface area (Å²) in [6, 6.07) is 19.2. The number of likely N-dealkylation sites (N-methyl/N-ethyl adjacent to an activating group) is 1. The molecule has 2 unspecified atom stereocenters. The summed E-state index contributed by atoms with van der Waals surface area (Å²) in [7, 11) is 1.64. The Hall–Kier alpha value is -2.21. The molecule has 5 nitrogen and oxygen atoms in total. The number of carboxylic acids is 1. The number of aliphatic carboxylic acids is 1. The lowest BCUT2D eigenvalue weighted by Crippen LogP contribution is -2.46. The maximum Gasteiger partial charge on any atom is 0.323 e. The van der Waals surface area contributed by atoms with Crippen molar-refractivity contribution in [3.05, 3.63) is 71.8 Å². The molecule has 0 bridgehead atoms. The van der Waals surface area contributed by atoms with Gasteiger partial charge in [-0.2, -0.15) is 0 Å². The van der Waals surface area contributed by atoms with Crippen molar-refractivity contribution in [2.24, 2.45) is 5.92 Å². The van der Waals surface area contributed by atoms with E-state index in [4.69, 9.17) is 9.47 Å². The Bertz CT molecular complexity index is 667. The van der Waals surface area contributed by atoms with E-state index in [0.29, 0.717) is 6.42 Å². The molecule has 1 aliphatic rings. The van der Waals surface area contributed by atoms with E-state index in [0.717, 1.165) is 11.1 Å². The molecular weight excluding hydrogens is 330 g/mol. The van der Waals surface area contributed by atoms with Gasteiger partial charge in [-0.3, -0.25) is 4.79 Å². The van der Waals surface area contributed by atoms with Crippen molar-refractivity contribution in [3.63, 3.8) is 0 Å². The highest BCUT2D eigenvalue weighted by Gasteiger charge is 2.41. The molecule has 3 rings (SSSR count). The molecule has 0 spiro atoms. The lowest BCUT2D eigenvalue weighted by Gasteiger charge is -2.25. The first-order chi connectivity index (χ1) is 12.6. The Labute approximate surface area is 153 Å². The maximum absolute atomic E-state index is 11.5. The summed E-state index contributed by atoms with van der Waals surface area (Å²) < 4.78 is 12.3. The molecule has 2 aromatic carbocycles. The highest BCUT2D eigenvalue weighted by atomic mass is 16.7. The topological polar surface area (TPSA) is 67.8 Å². The predicted molar refractivity (Wildman–Crippen MR) is 98.7 cm³/mol.